The lowest BCUT2D eigenvalue weighted by Crippen LogP contribution is -2.56. The smallest absolute Gasteiger partial charge is 0.258 e. The quantitative estimate of drug-likeness (QED) is 0.631. The van der Waals surface area contributed by atoms with Gasteiger partial charge < -0.3 is 15.0 Å². The SMILES string of the molecule is CCC(C)N(CC(=O)NCC(C)(C)N1CCOCC1)Cc1nc2ccccc2c(=O)[nH]1. The fourth-order valence-electron chi connectivity index (χ4n) is 3.86. The Morgan fingerprint density at radius 3 is 2.74 bits per heavy atom. The first-order valence-corrected chi connectivity index (χ1v) is 11.1. The van der Waals surface area contributed by atoms with Crippen molar-refractivity contribution in [3.8, 4) is 0 Å². The molecule has 1 atom stereocenters. The molecule has 0 bridgehead atoms. The lowest BCUT2D eigenvalue weighted by atomic mass is 10.0. The third kappa shape index (κ3) is 6.12. The van der Waals surface area contributed by atoms with Crippen LogP contribution in [0.4, 0.5) is 0 Å². The first-order valence-electron chi connectivity index (χ1n) is 11.1. The number of nitrogens with one attached hydrogen (secondary N) is 2. The van der Waals surface area contributed by atoms with E-state index in [1.165, 1.54) is 0 Å². The number of aromatic amines is 1. The molecule has 0 radical (unpaired) electrons. The first-order chi connectivity index (χ1) is 14.8. The lowest BCUT2D eigenvalue weighted by molar-refractivity contribution is -0.123. The average molecular weight is 430 g/mol. The largest absolute Gasteiger partial charge is 0.379 e. The Balaban J connectivity index is 1.64. The number of carbonyl (C=O) groups excluding carboxylic acids is 1. The van der Waals surface area contributed by atoms with Crippen LogP contribution in [0.2, 0.25) is 0 Å². The molecule has 0 saturated carbocycles. The Morgan fingerprint density at radius 2 is 2.03 bits per heavy atom. The van der Waals surface area contributed by atoms with Crippen LogP contribution in [0.25, 0.3) is 10.9 Å². The second-order valence-corrected chi connectivity index (χ2v) is 8.88. The Labute approximate surface area is 184 Å². The number of morpholine rings is 1. The summed E-state index contributed by atoms with van der Waals surface area (Å²) in [5.41, 5.74) is 0.384. The topological polar surface area (TPSA) is 90.6 Å². The number of benzene rings is 1. The van der Waals surface area contributed by atoms with E-state index in [4.69, 9.17) is 4.74 Å². The summed E-state index contributed by atoms with van der Waals surface area (Å²) in [6, 6.07) is 7.47. The normalized spacial score (nSPS) is 16.5. The predicted molar refractivity (Wildman–Crippen MR) is 122 cm³/mol. The highest BCUT2D eigenvalue weighted by Gasteiger charge is 2.29. The molecule has 31 heavy (non-hydrogen) atoms. The van der Waals surface area contributed by atoms with E-state index in [0.29, 0.717) is 29.8 Å². The minimum atomic E-state index is -0.151. The van der Waals surface area contributed by atoms with Crippen molar-refractivity contribution in [2.24, 2.45) is 0 Å². The van der Waals surface area contributed by atoms with Crippen LogP contribution in [0.15, 0.2) is 29.1 Å². The number of ether oxygens (including phenoxy) is 1. The van der Waals surface area contributed by atoms with E-state index >= 15 is 0 Å². The van der Waals surface area contributed by atoms with E-state index in [0.717, 1.165) is 32.7 Å². The maximum absolute atomic E-state index is 12.8. The third-order valence-electron chi connectivity index (χ3n) is 6.16. The van der Waals surface area contributed by atoms with Crippen LogP contribution in [-0.2, 0) is 16.1 Å². The molecule has 8 nitrogen and oxygen atoms in total. The molecule has 1 aromatic carbocycles. The second kappa shape index (κ2) is 10.3. The van der Waals surface area contributed by atoms with Crippen LogP contribution in [0, 0.1) is 0 Å². The van der Waals surface area contributed by atoms with Crippen molar-refractivity contribution < 1.29 is 9.53 Å². The Morgan fingerprint density at radius 1 is 1.32 bits per heavy atom. The van der Waals surface area contributed by atoms with Gasteiger partial charge in [0.25, 0.3) is 5.56 Å². The van der Waals surface area contributed by atoms with Gasteiger partial charge in [-0.2, -0.15) is 0 Å². The number of aromatic nitrogens is 2. The monoisotopic (exact) mass is 429 g/mol. The van der Waals surface area contributed by atoms with Crippen molar-refractivity contribution in [1.29, 1.82) is 0 Å². The zero-order valence-corrected chi connectivity index (χ0v) is 19.1. The molecule has 0 spiro atoms. The molecule has 1 amide bonds. The first kappa shape index (κ1) is 23.4. The van der Waals surface area contributed by atoms with Gasteiger partial charge in [0.2, 0.25) is 5.91 Å². The van der Waals surface area contributed by atoms with Gasteiger partial charge >= 0.3 is 0 Å². The van der Waals surface area contributed by atoms with Gasteiger partial charge in [0.05, 0.1) is 37.2 Å². The number of hydrogen-bond donors (Lipinski definition) is 2. The number of nitrogens with zero attached hydrogens (tertiary/aromatic N) is 3. The summed E-state index contributed by atoms with van der Waals surface area (Å²) in [4.78, 5) is 37.1. The van der Waals surface area contributed by atoms with Crippen molar-refractivity contribution in [1.82, 2.24) is 25.1 Å². The molecule has 0 aliphatic carbocycles. The minimum Gasteiger partial charge on any atom is -0.379 e. The van der Waals surface area contributed by atoms with E-state index in [1.54, 1.807) is 6.07 Å². The molecular weight excluding hydrogens is 394 g/mol. The molecule has 2 heterocycles. The predicted octanol–water partition coefficient (Wildman–Crippen LogP) is 1.75. The van der Waals surface area contributed by atoms with Crippen LogP contribution in [0.3, 0.4) is 0 Å². The lowest BCUT2D eigenvalue weighted by Gasteiger charge is -2.41. The van der Waals surface area contributed by atoms with Crippen LogP contribution >= 0.6 is 0 Å². The van der Waals surface area contributed by atoms with E-state index in [-0.39, 0.29) is 29.6 Å². The maximum Gasteiger partial charge on any atom is 0.258 e. The van der Waals surface area contributed by atoms with Crippen LogP contribution in [0.5, 0.6) is 0 Å². The number of fused-ring (bicyclic) bond motifs is 1. The summed E-state index contributed by atoms with van der Waals surface area (Å²) in [5.74, 6) is 0.551. The molecule has 1 unspecified atom stereocenters. The number of carbonyl (C=O) groups is 1. The fraction of sp³-hybridized carbons (Fsp3) is 0.609. The summed E-state index contributed by atoms with van der Waals surface area (Å²) >= 11 is 0. The molecule has 3 rings (SSSR count). The van der Waals surface area contributed by atoms with Gasteiger partial charge in [-0.15, -0.1) is 0 Å². The number of rotatable bonds is 9. The van der Waals surface area contributed by atoms with Gasteiger partial charge in [-0.05, 0) is 39.3 Å². The van der Waals surface area contributed by atoms with Gasteiger partial charge in [0.15, 0.2) is 0 Å². The van der Waals surface area contributed by atoms with Gasteiger partial charge in [-0.25, -0.2) is 4.98 Å². The fourth-order valence-corrected chi connectivity index (χ4v) is 3.86. The van der Waals surface area contributed by atoms with Crippen molar-refractivity contribution in [2.75, 3.05) is 39.4 Å². The van der Waals surface area contributed by atoms with Crippen LogP contribution in [-0.4, -0.2) is 76.6 Å². The molecule has 170 valence electrons. The van der Waals surface area contributed by atoms with Gasteiger partial charge in [-0.3, -0.25) is 19.4 Å². The van der Waals surface area contributed by atoms with Gasteiger partial charge in [-0.1, -0.05) is 19.1 Å². The van der Waals surface area contributed by atoms with Crippen molar-refractivity contribution in [3.05, 3.63) is 40.4 Å². The zero-order chi connectivity index (χ0) is 22.4. The van der Waals surface area contributed by atoms with Crippen molar-refractivity contribution in [2.45, 2.75) is 52.2 Å². The van der Waals surface area contributed by atoms with E-state index in [9.17, 15) is 9.59 Å². The van der Waals surface area contributed by atoms with E-state index in [2.05, 4.69) is 52.8 Å². The second-order valence-electron chi connectivity index (χ2n) is 8.88. The molecule has 2 N–H and O–H groups in total. The van der Waals surface area contributed by atoms with Crippen molar-refractivity contribution >= 4 is 16.8 Å². The van der Waals surface area contributed by atoms with E-state index in [1.807, 2.05) is 18.2 Å². The standard InChI is InChI=1S/C23H35N5O3/c1-5-17(2)27(14-20-25-19-9-7-6-8-18(19)22(30)26-20)15-21(29)24-16-23(3,4)28-10-12-31-13-11-28/h6-9,17H,5,10-16H2,1-4H3,(H,24,29)(H,25,26,30). The van der Waals surface area contributed by atoms with Gasteiger partial charge in [0.1, 0.15) is 5.82 Å². The van der Waals surface area contributed by atoms with Gasteiger partial charge in [0, 0.05) is 31.2 Å². The highest BCUT2D eigenvalue weighted by Crippen LogP contribution is 2.15. The summed E-state index contributed by atoms with van der Waals surface area (Å²) in [7, 11) is 0. The molecule has 8 heteroatoms. The van der Waals surface area contributed by atoms with Crippen LogP contribution in [0.1, 0.15) is 39.9 Å². The number of para-hydroxylation sites is 1. The minimum absolute atomic E-state index is 0.0234. The number of H-pyrrole nitrogens is 1. The Hall–Kier alpha value is -2.29. The molecule has 1 aliphatic heterocycles. The molecule has 2 aromatic rings. The van der Waals surface area contributed by atoms with E-state index < -0.39 is 0 Å². The Bertz CT molecular complexity index is 936. The Kier molecular flexibility index (Phi) is 7.80. The molecule has 1 aliphatic rings. The number of hydrogen-bond acceptors (Lipinski definition) is 6. The zero-order valence-electron chi connectivity index (χ0n) is 19.1. The van der Waals surface area contributed by atoms with Crippen molar-refractivity contribution in [3.63, 3.8) is 0 Å². The molecule has 1 fully saturated rings. The highest BCUT2D eigenvalue weighted by atomic mass is 16.5. The molecular formula is C23H35N5O3. The number of amides is 1. The molecule has 1 aromatic heterocycles. The highest BCUT2D eigenvalue weighted by molar-refractivity contribution is 5.78. The summed E-state index contributed by atoms with van der Waals surface area (Å²) in [6.07, 6.45) is 0.893. The third-order valence-corrected chi connectivity index (χ3v) is 6.16. The summed E-state index contributed by atoms with van der Waals surface area (Å²) < 4.78 is 5.44. The average Bonchev–Trinajstić information content (AvgIpc) is 2.77. The van der Waals surface area contributed by atoms with Crippen LogP contribution < -0.4 is 10.9 Å². The summed E-state index contributed by atoms with van der Waals surface area (Å²) in [5, 5.41) is 3.67. The molecule has 1 saturated heterocycles. The maximum atomic E-state index is 12.8. The summed E-state index contributed by atoms with van der Waals surface area (Å²) in [6.45, 7) is 12.9.